The fraction of sp³-hybridized carbons (Fsp3) is 0.345. The van der Waals surface area contributed by atoms with Crippen LogP contribution in [0.5, 0.6) is 5.75 Å². The number of benzene rings is 2. The van der Waals surface area contributed by atoms with Crippen LogP contribution in [0.3, 0.4) is 0 Å². The number of hydrogen-bond donors (Lipinski definition) is 1. The topological polar surface area (TPSA) is 134 Å². The number of ether oxygens (including phenoxy) is 3. The average Bonchev–Trinajstić information content (AvgIpc) is 2.92. The number of halogens is 1. The molecule has 0 radical (unpaired) electrons. The van der Waals surface area contributed by atoms with Gasteiger partial charge in [-0.3, -0.25) is 19.7 Å². The molecular weight excluding hydrogens is 540 g/mol. The van der Waals surface area contributed by atoms with E-state index in [1.807, 2.05) is 0 Å². The molecule has 0 saturated carbocycles. The molecule has 210 valence electrons. The summed E-state index contributed by atoms with van der Waals surface area (Å²) in [6.45, 7) is 5.07. The predicted octanol–water partition coefficient (Wildman–Crippen LogP) is 4.97. The molecule has 0 bridgehead atoms. The highest BCUT2D eigenvalue weighted by molar-refractivity contribution is 6.31. The van der Waals surface area contributed by atoms with Crippen LogP contribution < -0.4 is 10.1 Å². The zero-order valence-corrected chi connectivity index (χ0v) is 23.2. The van der Waals surface area contributed by atoms with E-state index in [4.69, 9.17) is 25.8 Å². The summed E-state index contributed by atoms with van der Waals surface area (Å²) in [5.74, 6) is -4.53. The molecule has 2 aliphatic rings. The minimum Gasteiger partial charge on any atom is -0.496 e. The molecule has 1 N–H and O–H groups in total. The van der Waals surface area contributed by atoms with Gasteiger partial charge in [0, 0.05) is 46.0 Å². The zero-order valence-electron chi connectivity index (χ0n) is 22.5. The van der Waals surface area contributed by atoms with Gasteiger partial charge in [0.1, 0.15) is 11.7 Å². The molecule has 3 unspecified atom stereocenters. The van der Waals surface area contributed by atoms with Gasteiger partial charge in [0.15, 0.2) is 5.78 Å². The SMILES string of the molecule is CCOC(=O)C1=C(C)NC2=C(C(=O)C(C(=O)OCC)C(c3ccccc3OC)C2)C1c1cc([N+](=O)[O-])ccc1Cl. The number of para-hydroxylation sites is 1. The number of non-ortho nitro benzene ring substituents is 1. The third-order valence-electron chi connectivity index (χ3n) is 7.09. The largest absolute Gasteiger partial charge is 0.496 e. The van der Waals surface area contributed by atoms with Gasteiger partial charge in [-0.15, -0.1) is 0 Å². The monoisotopic (exact) mass is 568 g/mol. The van der Waals surface area contributed by atoms with Gasteiger partial charge in [-0.1, -0.05) is 29.8 Å². The van der Waals surface area contributed by atoms with Gasteiger partial charge in [0.2, 0.25) is 0 Å². The number of nitro groups is 1. The summed E-state index contributed by atoms with van der Waals surface area (Å²) in [5.41, 5.74) is 1.63. The number of allylic oxidation sites excluding steroid dienone is 3. The first-order valence-electron chi connectivity index (χ1n) is 12.8. The van der Waals surface area contributed by atoms with E-state index in [0.29, 0.717) is 22.7 Å². The van der Waals surface area contributed by atoms with Crippen LogP contribution in [0.25, 0.3) is 0 Å². The Kier molecular flexibility index (Phi) is 8.58. The van der Waals surface area contributed by atoms with Gasteiger partial charge in [-0.2, -0.15) is 0 Å². The number of dihydropyridines is 1. The first-order chi connectivity index (χ1) is 19.1. The number of carbonyl (C=O) groups excluding carboxylic acids is 3. The van der Waals surface area contributed by atoms with Crippen molar-refractivity contribution in [2.24, 2.45) is 5.92 Å². The lowest BCUT2D eigenvalue weighted by Gasteiger charge is -2.39. The van der Waals surface area contributed by atoms with Crippen LogP contribution in [-0.4, -0.2) is 43.0 Å². The van der Waals surface area contributed by atoms with Crippen molar-refractivity contribution in [1.29, 1.82) is 0 Å². The van der Waals surface area contributed by atoms with Crippen LogP contribution in [0, 0.1) is 16.0 Å². The lowest BCUT2D eigenvalue weighted by molar-refractivity contribution is -0.384. The first kappa shape index (κ1) is 28.8. The Labute approximate surface area is 236 Å². The zero-order chi connectivity index (χ0) is 29.1. The van der Waals surface area contributed by atoms with Gasteiger partial charge in [-0.05, 0) is 50.5 Å². The summed E-state index contributed by atoms with van der Waals surface area (Å²) in [5, 5.41) is 15.0. The van der Waals surface area contributed by atoms with Crippen LogP contribution in [-0.2, 0) is 23.9 Å². The van der Waals surface area contributed by atoms with E-state index >= 15 is 0 Å². The Morgan fingerprint density at radius 1 is 1.10 bits per heavy atom. The summed E-state index contributed by atoms with van der Waals surface area (Å²) >= 11 is 6.56. The summed E-state index contributed by atoms with van der Waals surface area (Å²) in [7, 11) is 1.51. The standard InChI is InChI=1S/C29H29ClN2O8/c1-5-39-28(34)23-15(3)31-21-14-18(17-9-7-8-10-22(17)38-4)25(29(35)40-6-2)27(33)26(21)24(23)19-13-16(32(36)37)11-12-20(19)30/h7-13,18,24-25,31H,5-6,14H2,1-4H3. The molecule has 11 heteroatoms. The number of hydrogen-bond acceptors (Lipinski definition) is 9. The molecule has 1 heterocycles. The Morgan fingerprint density at radius 3 is 2.45 bits per heavy atom. The lowest BCUT2D eigenvalue weighted by atomic mass is 9.67. The van der Waals surface area contributed by atoms with Crippen molar-refractivity contribution in [3.05, 3.63) is 91.3 Å². The number of esters is 2. The van der Waals surface area contributed by atoms with E-state index in [1.54, 1.807) is 45.0 Å². The van der Waals surface area contributed by atoms with Crippen LogP contribution in [0.2, 0.25) is 5.02 Å². The smallest absolute Gasteiger partial charge is 0.336 e. The number of carbonyl (C=O) groups is 3. The normalized spacial score (nSPS) is 20.4. The van der Waals surface area contributed by atoms with Crippen molar-refractivity contribution in [1.82, 2.24) is 5.32 Å². The molecule has 0 aromatic heterocycles. The maximum absolute atomic E-state index is 14.4. The Morgan fingerprint density at radius 2 is 1.80 bits per heavy atom. The number of rotatable bonds is 8. The second-order valence-electron chi connectivity index (χ2n) is 9.32. The van der Waals surface area contributed by atoms with Crippen LogP contribution in [0.1, 0.15) is 50.2 Å². The molecule has 1 aliphatic heterocycles. The van der Waals surface area contributed by atoms with Crippen LogP contribution in [0.15, 0.2) is 65.0 Å². The minimum atomic E-state index is -1.27. The molecule has 0 saturated heterocycles. The van der Waals surface area contributed by atoms with E-state index in [9.17, 15) is 24.5 Å². The number of Topliss-reactive ketones (excluding diaryl/α,β-unsaturated/α-hetero) is 1. The molecule has 40 heavy (non-hydrogen) atoms. The Balaban J connectivity index is 1.98. The van der Waals surface area contributed by atoms with Crippen molar-refractivity contribution in [3.8, 4) is 5.75 Å². The number of nitrogens with one attached hydrogen (secondary N) is 1. The van der Waals surface area contributed by atoms with E-state index in [1.165, 1.54) is 25.3 Å². The Hall–Kier alpha value is -4.18. The third-order valence-corrected chi connectivity index (χ3v) is 7.44. The number of nitrogens with zero attached hydrogens (tertiary/aromatic N) is 1. The molecule has 10 nitrogen and oxygen atoms in total. The highest BCUT2D eigenvalue weighted by Gasteiger charge is 2.50. The van der Waals surface area contributed by atoms with Crippen molar-refractivity contribution < 1.29 is 33.5 Å². The minimum absolute atomic E-state index is 0.0542. The summed E-state index contributed by atoms with van der Waals surface area (Å²) in [6.07, 6.45) is 0.196. The van der Waals surface area contributed by atoms with Crippen LogP contribution in [0.4, 0.5) is 5.69 Å². The van der Waals surface area contributed by atoms with Crippen molar-refractivity contribution in [2.45, 2.75) is 39.0 Å². The fourth-order valence-corrected chi connectivity index (χ4v) is 5.69. The molecule has 4 rings (SSSR count). The van der Waals surface area contributed by atoms with Gasteiger partial charge >= 0.3 is 11.9 Å². The number of methoxy groups -OCH3 is 1. The van der Waals surface area contributed by atoms with Crippen molar-refractivity contribution in [3.63, 3.8) is 0 Å². The van der Waals surface area contributed by atoms with Crippen LogP contribution >= 0.6 is 11.6 Å². The Bertz CT molecular complexity index is 1450. The molecule has 3 atom stereocenters. The molecule has 0 fully saturated rings. The number of ketones is 1. The third kappa shape index (κ3) is 5.19. The van der Waals surface area contributed by atoms with Gasteiger partial charge in [0.25, 0.3) is 5.69 Å². The molecule has 2 aromatic carbocycles. The van der Waals surface area contributed by atoms with Gasteiger partial charge in [-0.25, -0.2) is 4.79 Å². The maximum atomic E-state index is 14.4. The first-order valence-corrected chi connectivity index (χ1v) is 13.2. The fourth-order valence-electron chi connectivity index (χ4n) is 5.46. The van der Waals surface area contributed by atoms with Crippen molar-refractivity contribution in [2.75, 3.05) is 20.3 Å². The average molecular weight is 569 g/mol. The summed E-state index contributed by atoms with van der Waals surface area (Å²) in [4.78, 5) is 52.1. The molecule has 0 spiro atoms. The quantitative estimate of drug-likeness (QED) is 0.203. The maximum Gasteiger partial charge on any atom is 0.336 e. The van der Waals surface area contributed by atoms with E-state index in [2.05, 4.69) is 5.32 Å². The van der Waals surface area contributed by atoms with Gasteiger partial charge in [0.05, 0.1) is 30.8 Å². The highest BCUT2D eigenvalue weighted by Crippen LogP contribution is 2.50. The molecule has 1 aliphatic carbocycles. The lowest BCUT2D eigenvalue weighted by Crippen LogP contribution is -2.43. The van der Waals surface area contributed by atoms with E-state index < -0.39 is 40.4 Å². The molecule has 2 aromatic rings. The van der Waals surface area contributed by atoms with E-state index in [-0.39, 0.29) is 47.1 Å². The highest BCUT2D eigenvalue weighted by atomic mass is 35.5. The molecule has 0 amide bonds. The summed E-state index contributed by atoms with van der Waals surface area (Å²) < 4.78 is 16.2. The van der Waals surface area contributed by atoms with Crippen molar-refractivity contribution >= 4 is 35.0 Å². The predicted molar refractivity (Wildman–Crippen MR) is 146 cm³/mol. The second kappa shape index (κ2) is 11.9. The molecular formula is C29H29ClN2O8. The van der Waals surface area contributed by atoms with Gasteiger partial charge < -0.3 is 19.5 Å². The van der Waals surface area contributed by atoms with E-state index in [0.717, 1.165) is 0 Å². The summed E-state index contributed by atoms with van der Waals surface area (Å²) in [6, 6.07) is 10.9. The number of nitro benzene ring substituents is 1. The second-order valence-corrected chi connectivity index (χ2v) is 9.73.